The number of nitrogens with one attached hydrogen (secondary N) is 1. The van der Waals surface area contributed by atoms with Gasteiger partial charge in [0.15, 0.2) is 0 Å². The number of fused-ring (bicyclic) bond motifs is 4. The zero-order chi connectivity index (χ0) is 58.9. The molecular weight excluding hydrogens is 1210 g/mol. The zero-order valence-corrected chi connectivity index (χ0v) is 57.4. The molecule has 8 aromatic rings. The second kappa shape index (κ2) is 35.8. The summed E-state index contributed by atoms with van der Waals surface area (Å²) in [6.07, 6.45) is 14.9. The molecule has 0 saturated carbocycles. The van der Waals surface area contributed by atoms with E-state index < -0.39 is 16.1 Å². The monoisotopic (exact) mass is 1300 g/mol. The first kappa shape index (κ1) is 66.1. The summed E-state index contributed by atoms with van der Waals surface area (Å²) < 4.78 is 3.08. The first-order valence-electron chi connectivity index (χ1n) is 32.0. The molecule has 1 N–H and O–H groups in total. The Morgan fingerprint density at radius 1 is 0.393 bits per heavy atom. The number of halogens is 1. The lowest BCUT2D eigenvalue weighted by Gasteiger charge is -2.43. The van der Waals surface area contributed by atoms with E-state index in [0.29, 0.717) is 22.6 Å². The van der Waals surface area contributed by atoms with E-state index in [1.807, 2.05) is 13.8 Å². The molecule has 3 nitrogen and oxygen atoms in total. The number of aryl methyl sites for hydroxylation is 4. The lowest BCUT2D eigenvalue weighted by Crippen LogP contribution is -2.29. The fraction of sp³-hybridized carbons (Fsp3) is 0.368. The highest BCUT2D eigenvalue weighted by Crippen LogP contribution is 2.76. The minimum Gasteiger partial charge on any atom is -0.304 e. The Bertz CT molecular complexity index is 2910. The molecule has 4 atom stereocenters. The number of unbranched alkanes of at least 4 members (excludes halogenated alkanes) is 2. The molecule has 0 aliphatic carbocycles. The van der Waals surface area contributed by atoms with Gasteiger partial charge in [0.05, 0.1) is 0 Å². The zero-order valence-electron chi connectivity index (χ0n) is 51.7. The van der Waals surface area contributed by atoms with E-state index in [0.717, 1.165) is 19.4 Å². The number of rotatable bonds is 16. The van der Waals surface area contributed by atoms with Gasteiger partial charge in [0.25, 0.3) is 0 Å². The molecule has 84 heavy (non-hydrogen) atoms. The van der Waals surface area contributed by atoms with Crippen LogP contribution in [0, 0.1) is 0 Å². The van der Waals surface area contributed by atoms with Gasteiger partial charge < -0.3 is 4.90 Å². The van der Waals surface area contributed by atoms with Gasteiger partial charge in [-0.25, -0.2) is 0 Å². The third-order valence-corrected chi connectivity index (χ3v) is 31.6. The minimum absolute atomic E-state index is 0.180. The Balaban J connectivity index is 0.000000165. The molecule has 2 saturated heterocycles. The van der Waals surface area contributed by atoms with Gasteiger partial charge in [-0.05, 0) is 194 Å². The van der Waals surface area contributed by atoms with Crippen LogP contribution in [0.2, 0.25) is 0 Å². The van der Waals surface area contributed by atoms with Crippen LogP contribution in [0.25, 0.3) is 0 Å². The number of benzene rings is 8. The van der Waals surface area contributed by atoms with Crippen LogP contribution in [0.5, 0.6) is 0 Å². The first-order chi connectivity index (χ1) is 41.5. The maximum Gasteiger partial charge on any atom is 0.0324 e. The minimum atomic E-state index is -0.588. The predicted molar refractivity (Wildman–Crippen MR) is 385 cm³/mol. The molecule has 12 rings (SSSR count). The van der Waals surface area contributed by atoms with E-state index in [4.69, 9.17) is 0 Å². The largest absolute Gasteiger partial charge is 0.304 e. The third kappa shape index (κ3) is 17.4. The van der Waals surface area contributed by atoms with Crippen LogP contribution in [0.4, 0.5) is 0 Å². The van der Waals surface area contributed by atoms with E-state index in [9.17, 15) is 0 Å². The molecular formula is C76H96IN3P4. The smallest absolute Gasteiger partial charge is 0.0324 e. The van der Waals surface area contributed by atoms with Crippen molar-refractivity contribution in [2.24, 2.45) is 0 Å². The van der Waals surface area contributed by atoms with Crippen molar-refractivity contribution >= 4 is 73.0 Å². The fourth-order valence-corrected chi connectivity index (χ4v) is 27.9. The van der Waals surface area contributed by atoms with Crippen LogP contribution in [0.1, 0.15) is 167 Å². The van der Waals surface area contributed by atoms with E-state index in [2.05, 4.69) is 289 Å². The summed E-state index contributed by atoms with van der Waals surface area (Å²) in [5.74, 6) is 0. The summed E-state index contributed by atoms with van der Waals surface area (Å²) in [4.78, 5) is 2.38. The Morgan fingerprint density at radius 3 is 1.05 bits per heavy atom. The van der Waals surface area contributed by atoms with E-state index >= 15 is 0 Å². The molecule has 0 aromatic heterocycles. The standard InChI is InChI=1S/C34H37NP2.C20H26NP.C14H12IP.C6H15N.C2H6/c1-2-3-26-35(36-31-20-12-10-18-29(31)22-23-30-19-11-13-21-32(30)36)37-33(27-14-6-4-7-15-27)24-25-34(37)28-16-8-5-9-17-28;1-2-3-16-21-22-19(17-10-6-4-7-11-17)14-15-20(22)18-12-8-5-9-13-18;15-16-13-7-3-1-5-11(13)9-10-12-6-2-4-8-14(12)16;1-4-7(5-2)6-3;1-2/h4-21,33-34H,2-3,22-26H2,1H3;4-13,19-21H,2-3,14-16H2,1H3;1-8H,9-10H2;4-6H2,1-3H3;1-2H3/t33-,34-;19-,20-;;;/m00.../s1. The van der Waals surface area contributed by atoms with Crippen LogP contribution in [0.15, 0.2) is 218 Å². The van der Waals surface area contributed by atoms with Crippen LogP contribution in [-0.4, -0.2) is 42.1 Å². The second-order valence-corrected chi connectivity index (χ2v) is 33.8. The van der Waals surface area contributed by atoms with Crippen molar-refractivity contribution in [3.63, 3.8) is 0 Å². The maximum atomic E-state index is 3.94. The molecule has 0 unspecified atom stereocenters. The van der Waals surface area contributed by atoms with Gasteiger partial charge in [0, 0.05) is 42.8 Å². The van der Waals surface area contributed by atoms with Crippen LogP contribution < -0.4 is 26.3 Å². The molecule has 4 heterocycles. The summed E-state index contributed by atoms with van der Waals surface area (Å²) in [7, 11) is -1.20. The predicted octanol–water partition coefficient (Wildman–Crippen LogP) is 20.9. The Hall–Kier alpha value is -3.91. The molecule has 8 heteroatoms. The number of hydrogen-bond donors (Lipinski definition) is 1. The first-order valence-corrected chi connectivity index (χ1v) is 40.4. The van der Waals surface area contributed by atoms with Gasteiger partial charge in [-0.15, -0.1) is 0 Å². The van der Waals surface area contributed by atoms with Gasteiger partial charge in [0.2, 0.25) is 0 Å². The van der Waals surface area contributed by atoms with Gasteiger partial charge in [-0.2, -0.15) is 0 Å². The van der Waals surface area contributed by atoms with Crippen LogP contribution in [-0.2, 0) is 25.7 Å². The van der Waals surface area contributed by atoms with E-state index in [-0.39, 0.29) is 13.6 Å². The molecule has 0 amide bonds. The molecule has 0 radical (unpaired) electrons. The molecule has 442 valence electrons. The summed E-state index contributed by atoms with van der Waals surface area (Å²) >= 11 is 2.63. The number of hydrogen-bond acceptors (Lipinski definition) is 3. The van der Waals surface area contributed by atoms with Gasteiger partial charge in [0.1, 0.15) is 0 Å². The lowest BCUT2D eigenvalue weighted by atomic mass is 10.0. The van der Waals surface area contributed by atoms with Crippen molar-refractivity contribution in [2.45, 2.75) is 148 Å². The second-order valence-electron chi connectivity index (χ2n) is 22.1. The molecule has 4 aliphatic heterocycles. The highest BCUT2D eigenvalue weighted by atomic mass is 127. The summed E-state index contributed by atoms with van der Waals surface area (Å²) in [6, 6.07) is 81.8. The SMILES string of the molecule is CC.CCCCN(P1c2ccccc2CCc2ccccc21)P1[C@H](c2ccccc2)CC[C@H]1c1ccccc1.CCCCNP1[C@H](c2ccccc2)CC[C@H]1c1ccccc1.CCN(CC)CC.IP1c2ccccc2CCc2ccccc21. The molecule has 0 bridgehead atoms. The average molecular weight is 1300 g/mol. The van der Waals surface area contributed by atoms with Gasteiger partial charge in [-0.1, -0.05) is 280 Å². The van der Waals surface area contributed by atoms with Gasteiger partial charge >= 0.3 is 0 Å². The highest BCUT2D eigenvalue weighted by molar-refractivity contribution is 14.2. The van der Waals surface area contributed by atoms with Crippen LogP contribution in [0.3, 0.4) is 0 Å². The fourth-order valence-electron chi connectivity index (χ4n) is 12.6. The molecule has 4 aliphatic rings. The van der Waals surface area contributed by atoms with Crippen molar-refractivity contribution in [1.82, 2.24) is 14.4 Å². The highest BCUT2D eigenvalue weighted by Gasteiger charge is 2.45. The van der Waals surface area contributed by atoms with Crippen molar-refractivity contribution in [2.75, 3.05) is 32.7 Å². The van der Waals surface area contributed by atoms with Crippen LogP contribution >= 0.6 is 51.8 Å². The summed E-state index contributed by atoms with van der Waals surface area (Å²) in [5.41, 5.74) is 14.8. The third-order valence-electron chi connectivity index (χ3n) is 17.0. The Labute approximate surface area is 527 Å². The summed E-state index contributed by atoms with van der Waals surface area (Å²) in [6.45, 7) is 21.1. The van der Waals surface area contributed by atoms with E-state index in [1.54, 1.807) is 54.6 Å². The quantitative estimate of drug-likeness (QED) is 0.0591. The molecule has 2 fully saturated rings. The van der Waals surface area contributed by atoms with E-state index in [1.165, 1.54) is 102 Å². The normalized spacial score (nSPS) is 18.4. The topological polar surface area (TPSA) is 18.5 Å². The van der Waals surface area contributed by atoms with Crippen molar-refractivity contribution < 1.29 is 0 Å². The Morgan fingerprint density at radius 2 is 0.702 bits per heavy atom. The lowest BCUT2D eigenvalue weighted by molar-refractivity contribution is 0.321. The Kier molecular flexibility index (Phi) is 28.1. The maximum absolute atomic E-state index is 3.94. The average Bonchev–Trinajstić information content (AvgIpc) is 4.31. The molecule has 0 spiro atoms. The van der Waals surface area contributed by atoms with Crippen molar-refractivity contribution in [3.05, 3.63) is 263 Å². The van der Waals surface area contributed by atoms with Gasteiger partial charge in [-0.3, -0.25) is 9.53 Å². The van der Waals surface area contributed by atoms with Crippen molar-refractivity contribution in [1.29, 1.82) is 0 Å². The molecule has 8 aromatic carbocycles. The number of nitrogens with zero attached hydrogens (tertiary/aromatic N) is 2. The summed E-state index contributed by atoms with van der Waals surface area (Å²) in [5, 5.41) is 10.3. The van der Waals surface area contributed by atoms with Crippen molar-refractivity contribution in [3.8, 4) is 0 Å².